The summed E-state index contributed by atoms with van der Waals surface area (Å²) in [5, 5.41) is 9.75. The summed E-state index contributed by atoms with van der Waals surface area (Å²) in [4.78, 5) is 6.58. The average Bonchev–Trinajstić information content (AvgIpc) is 3.40. The van der Waals surface area contributed by atoms with Crippen LogP contribution in [0.1, 0.15) is 16.7 Å². The minimum absolute atomic E-state index is 0.285. The minimum Gasteiger partial charge on any atom is -0.491 e. The second-order valence-corrected chi connectivity index (χ2v) is 9.27. The van der Waals surface area contributed by atoms with Crippen molar-refractivity contribution < 1.29 is 23.7 Å². The van der Waals surface area contributed by atoms with Crippen molar-refractivity contribution in [2.75, 3.05) is 24.6 Å². The van der Waals surface area contributed by atoms with Gasteiger partial charge in [0.25, 0.3) is 0 Å². The Morgan fingerprint density at radius 1 is 0.919 bits per heavy atom. The standard InChI is InChI=1S/C30H27FN2O4/c31-25-15-26(33-16-22(34)17-33)29-23(13-14-35-29)28(25)24-11-12-27(36-18-20-7-3-1-4-8-20)32-30(24)37-19-21-9-5-2-6-10-21/h1-12,15,22,34H,13-14,16-19H2. The lowest BCUT2D eigenvalue weighted by Gasteiger charge is -2.38. The van der Waals surface area contributed by atoms with Crippen LogP contribution in [0.4, 0.5) is 10.1 Å². The Hall–Kier alpha value is -4.10. The van der Waals surface area contributed by atoms with Crippen LogP contribution in [0.2, 0.25) is 0 Å². The molecule has 1 aromatic heterocycles. The first-order chi connectivity index (χ1) is 18.2. The maximum Gasteiger partial charge on any atom is 0.225 e. The van der Waals surface area contributed by atoms with Crippen LogP contribution in [0, 0.1) is 5.82 Å². The highest BCUT2D eigenvalue weighted by atomic mass is 19.1. The monoisotopic (exact) mass is 498 g/mol. The van der Waals surface area contributed by atoms with Crippen LogP contribution in [0.5, 0.6) is 17.5 Å². The SMILES string of the molecule is OC1CN(c2cc(F)c(-c3ccc(OCc4ccccc4)nc3OCc3ccccc3)c3c2OCC3)C1. The van der Waals surface area contributed by atoms with E-state index in [9.17, 15) is 5.11 Å². The van der Waals surface area contributed by atoms with Crippen LogP contribution >= 0.6 is 0 Å². The maximum atomic E-state index is 15.8. The van der Waals surface area contributed by atoms with Crippen molar-refractivity contribution in [1.82, 2.24) is 4.98 Å². The Balaban J connectivity index is 1.36. The number of benzene rings is 3. The van der Waals surface area contributed by atoms with Crippen molar-refractivity contribution in [1.29, 1.82) is 0 Å². The molecule has 3 heterocycles. The summed E-state index contributed by atoms with van der Waals surface area (Å²) in [7, 11) is 0. The Labute approximate surface area is 214 Å². The van der Waals surface area contributed by atoms with Gasteiger partial charge in [-0.1, -0.05) is 60.7 Å². The predicted octanol–water partition coefficient (Wildman–Crippen LogP) is 5.16. The molecule has 0 aliphatic carbocycles. The molecule has 2 aliphatic rings. The van der Waals surface area contributed by atoms with E-state index in [-0.39, 0.29) is 12.4 Å². The molecular formula is C30H27FN2O4. The first kappa shape index (κ1) is 23.3. The molecule has 0 atom stereocenters. The highest BCUT2D eigenvalue weighted by molar-refractivity contribution is 5.81. The third-order valence-electron chi connectivity index (χ3n) is 6.66. The fourth-order valence-electron chi connectivity index (χ4n) is 4.76. The van der Waals surface area contributed by atoms with Gasteiger partial charge in [0.2, 0.25) is 11.8 Å². The molecule has 0 bridgehead atoms. The number of fused-ring (bicyclic) bond motifs is 1. The molecule has 1 fully saturated rings. The number of aliphatic hydroxyl groups excluding tert-OH is 1. The highest BCUT2D eigenvalue weighted by Gasteiger charge is 2.33. The molecular weight excluding hydrogens is 471 g/mol. The lowest BCUT2D eigenvalue weighted by Crippen LogP contribution is -2.51. The minimum atomic E-state index is -0.398. The van der Waals surface area contributed by atoms with E-state index in [0.717, 1.165) is 16.7 Å². The summed E-state index contributed by atoms with van der Waals surface area (Å²) >= 11 is 0. The van der Waals surface area contributed by atoms with E-state index in [1.54, 1.807) is 12.1 Å². The number of β-amino-alcohol motifs (C(OH)–C–C–N with tert-alkyl or cyclic N) is 1. The van der Waals surface area contributed by atoms with Crippen molar-refractivity contribution in [2.45, 2.75) is 25.7 Å². The molecule has 1 N–H and O–H groups in total. The van der Waals surface area contributed by atoms with Gasteiger partial charge in [0.15, 0.2) is 0 Å². The molecule has 3 aromatic carbocycles. The van der Waals surface area contributed by atoms with Gasteiger partial charge in [-0.2, -0.15) is 4.98 Å². The first-order valence-corrected chi connectivity index (χ1v) is 12.4. The lowest BCUT2D eigenvalue weighted by molar-refractivity contribution is 0.141. The Kier molecular flexibility index (Phi) is 6.37. The number of aliphatic hydroxyl groups is 1. The highest BCUT2D eigenvalue weighted by Crippen LogP contribution is 2.47. The predicted molar refractivity (Wildman–Crippen MR) is 139 cm³/mol. The third-order valence-corrected chi connectivity index (χ3v) is 6.66. The molecule has 0 spiro atoms. The van der Waals surface area contributed by atoms with Crippen LogP contribution in [0.25, 0.3) is 11.1 Å². The fourth-order valence-corrected chi connectivity index (χ4v) is 4.76. The summed E-state index contributed by atoms with van der Waals surface area (Å²) in [6.45, 7) is 2.05. The van der Waals surface area contributed by atoms with Crippen molar-refractivity contribution in [3.8, 4) is 28.6 Å². The molecule has 6 nitrogen and oxygen atoms in total. The molecule has 0 radical (unpaired) electrons. The van der Waals surface area contributed by atoms with Gasteiger partial charge in [0.05, 0.1) is 18.4 Å². The number of nitrogens with zero attached hydrogens (tertiary/aromatic N) is 2. The molecule has 0 amide bonds. The number of rotatable bonds is 8. The van der Waals surface area contributed by atoms with Gasteiger partial charge in [-0.3, -0.25) is 0 Å². The number of hydrogen-bond donors (Lipinski definition) is 1. The topological polar surface area (TPSA) is 64.1 Å². The van der Waals surface area contributed by atoms with Gasteiger partial charge >= 0.3 is 0 Å². The number of pyridine rings is 1. The van der Waals surface area contributed by atoms with Gasteiger partial charge in [0.1, 0.15) is 24.8 Å². The van der Waals surface area contributed by atoms with Gasteiger partial charge in [-0.05, 0) is 17.2 Å². The van der Waals surface area contributed by atoms with Crippen molar-refractivity contribution in [3.05, 3.63) is 101 Å². The van der Waals surface area contributed by atoms with E-state index in [0.29, 0.717) is 67.0 Å². The van der Waals surface area contributed by atoms with Gasteiger partial charge in [-0.25, -0.2) is 4.39 Å². The second-order valence-electron chi connectivity index (χ2n) is 9.27. The zero-order valence-electron chi connectivity index (χ0n) is 20.3. The van der Waals surface area contributed by atoms with Crippen molar-refractivity contribution in [3.63, 3.8) is 0 Å². The molecule has 37 heavy (non-hydrogen) atoms. The number of hydrogen-bond acceptors (Lipinski definition) is 6. The fraction of sp³-hybridized carbons (Fsp3) is 0.233. The molecule has 2 aliphatic heterocycles. The molecule has 4 aromatic rings. The molecule has 6 rings (SSSR count). The lowest BCUT2D eigenvalue weighted by atomic mass is 9.96. The Bertz CT molecular complexity index is 1390. The van der Waals surface area contributed by atoms with Gasteiger partial charge < -0.3 is 24.2 Å². The van der Waals surface area contributed by atoms with E-state index < -0.39 is 6.10 Å². The molecule has 0 saturated carbocycles. The zero-order valence-corrected chi connectivity index (χ0v) is 20.3. The Morgan fingerprint density at radius 2 is 1.59 bits per heavy atom. The number of halogens is 1. The van der Waals surface area contributed by atoms with Crippen LogP contribution in [0.3, 0.4) is 0 Å². The summed E-state index contributed by atoms with van der Waals surface area (Å²) in [6, 6.07) is 24.7. The van der Waals surface area contributed by atoms with Crippen LogP contribution in [0.15, 0.2) is 78.9 Å². The van der Waals surface area contributed by atoms with Crippen LogP contribution < -0.4 is 19.1 Å². The number of anilines is 1. The zero-order chi connectivity index (χ0) is 25.2. The van der Waals surface area contributed by atoms with Gasteiger partial charge in [-0.15, -0.1) is 0 Å². The van der Waals surface area contributed by atoms with E-state index in [4.69, 9.17) is 14.2 Å². The van der Waals surface area contributed by atoms with E-state index >= 15 is 4.39 Å². The molecule has 0 unspecified atom stereocenters. The summed E-state index contributed by atoms with van der Waals surface area (Å²) < 4.78 is 33.8. The smallest absolute Gasteiger partial charge is 0.225 e. The largest absolute Gasteiger partial charge is 0.491 e. The van der Waals surface area contributed by atoms with E-state index in [1.165, 1.54) is 6.07 Å². The van der Waals surface area contributed by atoms with E-state index in [2.05, 4.69) is 4.98 Å². The maximum absolute atomic E-state index is 15.8. The van der Waals surface area contributed by atoms with E-state index in [1.807, 2.05) is 65.6 Å². The number of aromatic nitrogens is 1. The molecule has 1 saturated heterocycles. The van der Waals surface area contributed by atoms with Crippen LogP contribution in [-0.2, 0) is 19.6 Å². The van der Waals surface area contributed by atoms with Crippen molar-refractivity contribution >= 4 is 5.69 Å². The van der Waals surface area contributed by atoms with Gasteiger partial charge in [0, 0.05) is 48.3 Å². The third kappa shape index (κ3) is 4.82. The average molecular weight is 499 g/mol. The van der Waals surface area contributed by atoms with Crippen LogP contribution in [-0.4, -0.2) is 35.9 Å². The molecule has 7 heteroatoms. The number of ether oxygens (including phenoxy) is 3. The second kappa shape index (κ2) is 10.1. The normalized spacial score (nSPS) is 14.6. The summed E-state index contributed by atoms with van der Waals surface area (Å²) in [5.74, 6) is 0.997. The first-order valence-electron chi connectivity index (χ1n) is 12.4. The quantitative estimate of drug-likeness (QED) is 0.362. The molecule has 188 valence electrons. The van der Waals surface area contributed by atoms with Crippen molar-refractivity contribution in [2.24, 2.45) is 0 Å². The summed E-state index contributed by atoms with van der Waals surface area (Å²) in [5.41, 5.74) is 4.46. The summed E-state index contributed by atoms with van der Waals surface area (Å²) in [6.07, 6.45) is 0.182. The Morgan fingerprint density at radius 3 is 2.27 bits per heavy atom.